The topological polar surface area (TPSA) is 153 Å². The number of aliphatic hydroxyl groups is 1. The number of alkyl halides is 3. The third-order valence-electron chi connectivity index (χ3n) is 7.20. The Kier molecular flexibility index (Phi) is 8.44. The average molecular weight is 646 g/mol. The molecule has 0 aliphatic carbocycles. The highest BCUT2D eigenvalue weighted by molar-refractivity contribution is 7.92. The maximum Gasteiger partial charge on any atom is 0.264 e. The molecule has 16 heteroatoms. The molecule has 0 saturated heterocycles. The molecule has 0 unspecified atom stereocenters. The molecule has 1 amide bonds. The van der Waals surface area contributed by atoms with Crippen LogP contribution in [0.3, 0.4) is 0 Å². The number of aliphatic hydroxyl groups excluding tert-OH is 1. The van der Waals surface area contributed by atoms with Gasteiger partial charge in [-0.05, 0) is 30.3 Å². The minimum atomic E-state index is -4.66. The second-order valence-electron chi connectivity index (χ2n) is 10.1. The summed E-state index contributed by atoms with van der Waals surface area (Å²) in [6.45, 7) is -0.660. The van der Waals surface area contributed by atoms with Crippen molar-refractivity contribution in [3.8, 4) is 11.5 Å². The van der Waals surface area contributed by atoms with Gasteiger partial charge in [0.2, 0.25) is 15.3 Å². The molecule has 2 N–H and O–H groups in total. The highest BCUT2D eigenvalue weighted by Crippen LogP contribution is 2.37. The number of hydrogen-bond donors (Lipinski definition) is 2. The van der Waals surface area contributed by atoms with Crippen LogP contribution < -0.4 is 19.7 Å². The molecule has 12 nitrogen and oxygen atoms in total. The van der Waals surface area contributed by atoms with Gasteiger partial charge in [0.05, 0.1) is 55.2 Å². The number of carbonyl (C=O) groups is 1. The van der Waals surface area contributed by atoms with Gasteiger partial charge < -0.3 is 29.5 Å². The average Bonchev–Trinajstić information content (AvgIpc) is 3.15. The van der Waals surface area contributed by atoms with Gasteiger partial charge in [0, 0.05) is 34.3 Å². The predicted molar refractivity (Wildman–Crippen MR) is 153 cm³/mol. The Morgan fingerprint density at radius 3 is 2.82 bits per heavy atom. The Morgan fingerprint density at radius 2 is 2.02 bits per heavy atom. The summed E-state index contributed by atoms with van der Waals surface area (Å²) in [5.74, 6) is 1.20. The van der Waals surface area contributed by atoms with Crippen molar-refractivity contribution in [3.05, 3.63) is 71.2 Å². The Labute approximate surface area is 254 Å². The van der Waals surface area contributed by atoms with Crippen LogP contribution in [0.2, 0.25) is 0 Å². The predicted octanol–water partition coefficient (Wildman–Crippen LogP) is 3.39. The number of aromatic nitrogens is 3. The van der Waals surface area contributed by atoms with Gasteiger partial charge in [-0.15, -0.1) is 0 Å². The minimum absolute atomic E-state index is 0.119. The summed E-state index contributed by atoms with van der Waals surface area (Å²) in [7, 11) is -4.66. The van der Waals surface area contributed by atoms with Crippen molar-refractivity contribution in [3.63, 3.8) is 0 Å². The minimum Gasteiger partial charge on any atom is -0.489 e. The zero-order valence-electron chi connectivity index (χ0n) is 23.5. The molecule has 5 heterocycles. The largest absolute Gasteiger partial charge is 0.489 e. The quantitative estimate of drug-likeness (QED) is 0.290. The number of nitrogens with zero attached hydrogens (tertiary/aromatic N) is 4. The van der Waals surface area contributed by atoms with Gasteiger partial charge in [0.1, 0.15) is 24.8 Å². The standard InChI is InChI=1S/C29H26F3N5O7S/c30-25-15-42-14-21-20(27(31)32)7-17(8-24(21)45(25,40)41)29(39)35-12-18-9-22-16(11-33-18)1-2-26(36-22)37-3-5-44-23-10-19(43-6-4-38)13-34-28(23)37/h1-2,7-11,13,25,27,38H,3-6,12,14-15H2,(H,35,39)/t25-/m1/s1. The number of pyridine rings is 3. The molecule has 0 spiro atoms. The third-order valence-corrected chi connectivity index (χ3v) is 8.98. The van der Waals surface area contributed by atoms with E-state index in [4.69, 9.17) is 24.3 Å². The number of carbonyl (C=O) groups excluding carboxylic acids is 1. The molecule has 1 atom stereocenters. The second-order valence-corrected chi connectivity index (χ2v) is 12.1. The van der Waals surface area contributed by atoms with Crippen LogP contribution >= 0.6 is 0 Å². The number of halogens is 3. The van der Waals surface area contributed by atoms with E-state index in [-0.39, 0.29) is 30.9 Å². The van der Waals surface area contributed by atoms with E-state index >= 15 is 0 Å². The van der Waals surface area contributed by atoms with Gasteiger partial charge in [-0.1, -0.05) is 0 Å². The first-order valence-corrected chi connectivity index (χ1v) is 15.3. The number of hydrogen-bond acceptors (Lipinski definition) is 11. The fourth-order valence-electron chi connectivity index (χ4n) is 5.00. The summed E-state index contributed by atoms with van der Waals surface area (Å²) in [6.07, 6.45) is -0.0379. The maximum atomic E-state index is 14.3. The fraction of sp³-hybridized carbons (Fsp3) is 0.310. The van der Waals surface area contributed by atoms with E-state index in [1.54, 1.807) is 24.4 Å². The van der Waals surface area contributed by atoms with Gasteiger partial charge in [0.25, 0.3) is 12.3 Å². The molecule has 236 valence electrons. The summed E-state index contributed by atoms with van der Waals surface area (Å²) >= 11 is 0. The first-order valence-electron chi connectivity index (χ1n) is 13.7. The molecule has 1 aromatic carbocycles. The Morgan fingerprint density at radius 1 is 1.18 bits per heavy atom. The van der Waals surface area contributed by atoms with Crippen LogP contribution in [0.15, 0.2) is 53.7 Å². The summed E-state index contributed by atoms with van der Waals surface area (Å²) in [4.78, 5) is 27.7. The molecular formula is C29H26F3N5O7S. The molecule has 3 aromatic heterocycles. The molecule has 45 heavy (non-hydrogen) atoms. The number of anilines is 2. The number of benzene rings is 1. The number of amides is 1. The molecule has 0 bridgehead atoms. The molecule has 2 aliphatic heterocycles. The van der Waals surface area contributed by atoms with Crippen LogP contribution in [0.4, 0.5) is 24.8 Å². The van der Waals surface area contributed by atoms with Gasteiger partial charge >= 0.3 is 0 Å². The molecule has 2 aliphatic rings. The Bertz CT molecular complexity index is 1880. The van der Waals surface area contributed by atoms with Crippen molar-refractivity contribution in [2.75, 3.05) is 37.9 Å². The van der Waals surface area contributed by atoms with Crippen LogP contribution in [0, 0.1) is 0 Å². The molecule has 6 rings (SSSR count). The van der Waals surface area contributed by atoms with Gasteiger partial charge in [0.15, 0.2) is 11.6 Å². The van der Waals surface area contributed by atoms with E-state index in [0.29, 0.717) is 52.9 Å². The number of rotatable bonds is 8. The normalized spacial score (nSPS) is 17.3. The number of fused-ring (bicyclic) bond motifs is 3. The van der Waals surface area contributed by atoms with E-state index in [0.717, 1.165) is 12.1 Å². The van der Waals surface area contributed by atoms with Crippen molar-refractivity contribution in [1.82, 2.24) is 20.3 Å². The van der Waals surface area contributed by atoms with Crippen molar-refractivity contribution in [2.45, 2.75) is 30.0 Å². The summed E-state index contributed by atoms with van der Waals surface area (Å²) in [6, 6.07) is 8.74. The van der Waals surface area contributed by atoms with E-state index in [1.807, 2.05) is 11.0 Å². The van der Waals surface area contributed by atoms with E-state index in [2.05, 4.69) is 15.3 Å². The molecule has 0 radical (unpaired) electrons. The van der Waals surface area contributed by atoms with Crippen molar-refractivity contribution >= 4 is 38.3 Å². The molecule has 4 aromatic rings. The third kappa shape index (κ3) is 6.08. The molecular weight excluding hydrogens is 619 g/mol. The van der Waals surface area contributed by atoms with Gasteiger partial charge in [-0.25, -0.2) is 31.6 Å². The van der Waals surface area contributed by atoms with Crippen molar-refractivity contribution in [2.24, 2.45) is 0 Å². The first kappa shape index (κ1) is 30.5. The second kappa shape index (κ2) is 12.5. The Hall–Kier alpha value is -4.54. The molecule has 0 fully saturated rings. The first-order chi connectivity index (χ1) is 21.7. The lowest BCUT2D eigenvalue weighted by Gasteiger charge is -2.29. The summed E-state index contributed by atoms with van der Waals surface area (Å²) in [5, 5.41) is 12.3. The summed E-state index contributed by atoms with van der Waals surface area (Å²) in [5.41, 5.74) is -2.97. The smallest absolute Gasteiger partial charge is 0.264 e. The lowest BCUT2D eigenvalue weighted by atomic mass is 10.0. The zero-order valence-corrected chi connectivity index (χ0v) is 24.3. The lowest BCUT2D eigenvalue weighted by Crippen LogP contribution is -2.30. The lowest BCUT2D eigenvalue weighted by molar-refractivity contribution is 0.0914. The Balaban J connectivity index is 1.23. The van der Waals surface area contributed by atoms with Crippen LogP contribution in [0.1, 0.15) is 33.6 Å². The SMILES string of the molecule is O=C(NCc1cc2nc(N3CCOc4cc(OCCO)cnc43)ccc2cn1)c1cc(C(F)F)c2c(c1)S(=O)(=O)[C@@H](F)COC2. The van der Waals surface area contributed by atoms with Crippen LogP contribution in [-0.2, 0) is 27.7 Å². The summed E-state index contributed by atoms with van der Waals surface area (Å²) < 4.78 is 83.5. The fourth-order valence-corrected chi connectivity index (χ4v) is 6.36. The molecule has 0 saturated carbocycles. The van der Waals surface area contributed by atoms with E-state index in [9.17, 15) is 26.4 Å². The van der Waals surface area contributed by atoms with Crippen molar-refractivity contribution in [1.29, 1.82) is 0 Å². The zero-order chi connectivity index (χ0) is 31.7. The van der Waals surface area contributed by atoms with Crippen molar-refractivity contribution < 1.29 is 45.7 Å². The van der Waals surface area contributed by atoms with Gasteiger partial charge in [-0.2, -0.15) is 0 Å². The van der Waals surface area contributed by atoms with E-state index < -0.39 is 51.3 Å². The van der Waals surface area contributed by atoms with E-state index in [1.165, 1.54) is 6.20 Å². The highest BCUT2D eigenvalue weighted by atomic mass is 32.2. The number of ether oxygens (including phenoxy) is 3. The van der Waals surface area contributed by atoms with Crippen LogP contribution in [0.25, 0.3) is 10.9 Å². The number of sulfone groups is 1. The number of nitrogens with one attached hydrogen (secondary N) is 1. The van der Waals surface area contributed by atoms with Crippen LogP contribution in [0.5, 0.6) is 11.5 Å². The van der Waals surface area contributed by atoms with Crippen LogP contribution in [-0.4, -0.2) is 72.9 Å². The maximum absolute atomic E-state index is 14.3. The monoisotopic (exact) mass is 645 g/mol. The van der Waals surface area contributed by atoms with Gasteiger partial charge in [-0.3, -0.25) is 9.78 Å². The highest BCUT2D eigenvalue weighted by Gasteiger charge is 2.36.